The number of rotatable bonds is 13. The van der Waals surface area contributed by atoms with Crippen molar-refractivity contribution in [3.63, 3.8) is 0 Å². The average Bonchev–Trinajstić information content (AvgIpc) is 2.58. The van der Waals surface area contributed by atoms with Gasteiger partial charge in [0.15, 0.2) is 0 Å². The van der Waals surface area contributed by atoms with Gasteiger partial charge < -0.3 is 9.47 Å². The van der Waals surface area contributed by atoms with E-state index in [0.717, 1.165) is 19.3 Å². The molecule has 130 valence electrons. The Labute approximate surface area is 141 Å². The molecule has 3 nitrogen and oxygen atoms in total. The van der Waals surface area contributed by atoms with Crippen LogP contribution in [-0.4, -0.2) is 19.2 Å². The summed E-state index contributed by atoms with van der Waals surface area (Å²) in [5.41, 5.74) is 0.534. The van der Waals surface area contributed by atoms with Gasteiger partial charge in [-0.2, -0.15) is 0 Å². The lowest BCUT2D eigenvalue weighted by atomic mass is 10.1. The lowest BCUT2D eigenvalue weighted by Gasteiger charge is -2.11. The number of carbonyl (C=O) groups is 1. The van der Waals surface area contributed by atoms with Crippen LogP contribution >= 0.6 is 0 Å². The average molecular weight is 320 g/mol. The zero-order valence-electron chi connectivity index (χ0n) is 14.8. The number of ether oxygens (including phenoxy) is 2. The highest BCUT2D eigenvalue weighted by Gasteiger charge is 2.13. The van der Waals surface area contributed by atoms with Gasteiger partial charge >= 0.3 is 5.97 Å². The molecule has 0 N–H and O–H groups in total. The summed E-state index contributed by atoms with van der Waals surface area (Å²) in [6.07, 6.45) is 10.7. The van der Waals surface area contributed by atoms with E-state index in [0.29, 0.717) is 24.5 Å². The number of para-hydroxylation sites is 1. The standard InChI is InChI=1S/C20H32O3/c1-3-5-7-8-9-10-13-17-22-19-15-12-11-14-18(19)20(21)23-16-6-4-2/h11-12,14-15H,3-10,13,16-17H2,1-2H3. The van der Waals surface area contributed by atoms with Gasteiger partial charge in [-0.25, -0.2) is 4.79 Å². The molecular formula is C20H32O3. The molecule has 0 aliphatic carbocycles. The molecule has 0 heterocycles. The van der Waals surface area contributed by atoms with E-state index in [4.69, 9.17) is 9.47 Å². The molecule has 1 aromatic rings. The third kappa shape index (κ3) is 8.63. The lowest BCUT2D eigenvalue weighted by Crippen LogP contribution is -2.09. The van der Waals surface area contributed by atoms with Crippen LogP contribution in [0, 0.1) is 0 Å². The normalized spacial score (nSPS) is 10.5. The van der Waals surface area contributed by atoms with E-state index in [-0.39, 0.29) is 5.97 Å². The van der Waals surface area contributed by atoms with Crippen LogP contribution in [0.3, 0.4) is 0 Å². The van der Waals surface area contributed by atoms with Crippen LogP contribution in [0.15, 0.2) is 24.3 Å². The van der Waals surface area contributed by atoms with Gasteiger partial charge in [0, 0.05) is 0 Å². The van der Waals surface area contributed by atoms with Crippen LogP contribution in [0.4, 0.5) is 0 Å². The van der Waals surface area contributed by atoms with E-state index in [1.54, 1.807) is 6.07 Å². The van der Waals surface area contributed by atoms with E-state index in [2.05, 4.69) is 13.8 Å². The van der Waals surface area contributed by atoms with Gasteiger partial charge in [0.05, 0.1) is 13.2 Å². The van der Waals surface area contributed by atoms with Crippen molar-refractivity contribution < 1.29 is 14.3 Å². The molecule has 1 rings (SSSR count). The van der Waals surface area contributed by atoms with Gasteiger partial charge in [-0.15, -0.1) is 0 Å². The second kappa shape index (κ2) is 13.0. The highest BCUT2D eigenvalue weighted by molar-refractivity contribution is 5.92. The summed E-state index contributed by atoms with van der Waals surface area (Å²) < 4.78 is 11.1. The number of carbonyl (C=O) groups excluding carboxylic acids is 1. The monoisotopic (exact) mass is 320 g/mol. The van der Waals surface area contributed by atoms with Gasteiger partial charge in [0.2, 0.25) is 0 Å². The molecule has 0 spiro atoms. The molecule has 3 heteroatoms. The second-order valence-electron chi connectivity index (χ2n) is 5.96. The first kappa shape index (κ1) is 19.5. The largest absolute Gasteiger partial charge is 0.493 e. The molecule has 0 amide bonds. The van der Waals surface area contributed by atoms with Gasteiger partial charge in [-0.1, -0.05) is 70.9 Å². The summed E-state index contributed by atoms with van der Waals surface area (Å²) >= 11 is 0. The second-order valence-corrected chi connectivity index (χ2v) is 5.96. The van der Waals surface area contributed by atoms with Crippen molar-refractivity contribution in [2.75, 3.05) is 13.2 Å². The fourth-order valence-corrected chi connectivity index (χ4v) is 2.39. The Hall–Kier alpha value is -1.51. The van der Waals surface area contributed by atoms with Crippen molar-refractivity contribution >= 4 is 5.97 Å². The van der Waals surface area contributed by atoms with Crippen LogP contribution in [0.5, 0.6) is 5.75 Å². The number of esters is 1. The Bertz CT molecular complexity index is 429. The van der Waals surface area contributed by atoms with Crippen molar-refractivity contribution in [3.05, 3.63) is 29.8 Å². The fourth-order valence-electron chi connectivity index (χ4n) is 2.39. The van der Waals surface area contributed by atoms with E-state index in [1.165, 1.54) is 38.5 Å². The van der Waals surface area contributed by atoms with Crippen molar-refractivity contribution in [1.29, 1.82) is 0 Å². The number of hydrogen-bond acceptors (Lipinski definition) is 3. The van der Waals surface area contributed by atoms with E-state index in [9.17, 15) is 4.79 Å². The SMILES string of the molecule is CCCCCCCCCOc1ccccc1C(=O)OCCCC. The number of unbranched alkanes of at least 4 members (excludes halogenated alkanes) is 7. The van der Waals surface area contributed by atoms with Crippen molar-refractivity contribution in [2.45, 2.75) is 71.6 Å². The predicted molar refractivity (Wildman–Crippen MR) is 95.1 cm³/mol. The van der Waals surface area contributed by atoms with Gasteiger partial charge in [0.1, 0.15) is 11.3 Å². The summed E-state index contributed by atoms with van der Waals surface area (Å²) in [6.45, 7) is 5.44. The maximum atomic E-state index is 12.1. The number of hydrogen-bond donors (Lipinski definition) is 0. The Morgan fingerprint density at radius 3 is 2.22 bits per heavy atom. The smallest absolute Gasteiger partial charge is 0.341 e. The molecule has 0 aromatic heterocycles. The molecule has 0 radical (unpaired) electrons. The molecule has 0 atom stereocenters. The molecule has 0 saturated heterocycles. The van der Waals surface area contributed by atoms with E-state index < -0.39 is 0 Å². The van der Waals surface area contributed by atoms with Gasteiger partial charge in [-0.05, 0) is 25.0 Å². The Morgan fingerprint density at radius 1 is 0.826 bits per heavy atom. The van der Waals surface area contributed by atoms with Crippen LogP contribution in [0.2, 0.25) is 0 Å². The van der Waals surface area contributed by atoms with E-state index >= 15 is 0 Å². The maximum Gasteiger partial charge on any atom is 0.341 e. The van der Waals surface area contributed by atoms with Gasteiger partial charge in [-0.3, -0.25) is 0 Å². The highest BCUT2D eigenvalue weighted by atomic mass is 16.5. The zero-order chi connectivity index (χ0) is 16.8. The lowest BCUT2D eigenvalue weighted by molar-refractivity contribution is 0.0495. The molecule has 0 aliphatic rings. The maximum absolute atomic E-state index is 12.1. The summed E-state index contributed by atoms with van der Waals surface area (Å²) in [5.74, 6) is 0.355. The Kier molecular flexibility index (Phi) is 11.0. The number of benzene rings is 1. The Morgan fingerprint density at radius 2 is 1.48 bits per heavy atom. The van der Waals surface area contributed by atoms with Crippen molar-refractivity contribution in [1.82, 2.24) is 0 Å². The molecule has 0 aliphatic heterocycles. The Balaban J connectivity index is 2.29. The van der Waals surface area contributed by atoms with Crippen molar-refractivity contribution in [2.24, 2.45) is 0 Å². The molecule has 23 heavy (non-hydrogen) atoms. The van der Waals surface area contributed by atoms with Crippen LogP contribution < -0.4 is 4.74 Å². The summed E-state index contributed by atoms with van der Waals surface area (Å²) in [6, 6.07) is 7.35. The predicted octanol–water partition coefficient (Wildman–Crippen LogP) is 5.77. The minimum Gasteiger partial charge on any atom is -0.493 e. The molecule has 1 aromatic carbocycles. The first-order valence-electron chi connectivity index (χ1n) is 9.18. The fraction of sp³-hybridized carbons (Fsp3) is 0.650. The highest BCUT2D eigenvalue weighted by Crippen LogP contribution is 2.19. The van der Waals surface area contributed by atoms with E-state index in [1.807, 2.05) is 18.2 Å². The first-order valence-corrected chi connectivity index (χ1v) is 9.18. The summed E-state index contributed by atoms with van der Waals surface area (Å²) in [4.78, 5) is 12.1. The zero-order valence-corrected chi connectivity index (χ0v) is 14.8. The minimum absolute atomic E-state index is 0.284. The summed E-state index contributed by atoms with van der Waals surface area (Å²) in [5, 5.41) is 0. The molecule has 0 bridgehead atoms. The first-order chi connectivity index (χ1) is 11.3. The quantitative estimate of drug-likeness (QED) is 0.342. The molecule has 0 unspecified atom stereocenters. The summed E-state index contributed by atoms with van der Waals surface area (Å²) in [7, 11) is 0. The van der Waals surface area contributed by atoms with Gasteiger partial charge in [0.25, 0.3) is 0 Å². The third-order valence-electron chi connectivity index (χ3n) is 3.84. The topological polar surface area (TPSA) is 35.5 Å². The molecular weight excluding hydrogens is 288 g/mol. The molecule has 0 fully saturated rings. The third-order valence-corrected chi connectivity index (χ3v) is 3.84. The van der Waals surface area contributed by atoms with Crippen LogP contribution in [0.1, 0.15) is 82.0 Å². The van der Waals surface area contributed by atoms with Crippen molar-refractivity contribution in [3.8, 4) is 5.75 Å². The molecule has 0 saturated carbocycles. The van der Waals surface area contributed by atoms with Crippen LogP contribution in [0.25, 0.3) is 0 Å². The van der Waals surface area contributed by atoms with Crippen LogP contribution in [-0.2, 0) is 4.74 Å². The minimum atomic E-state index is -0.284.